The summed E-state index contributed by atoms with van der Waals surface area (Å²) in [5.41, 5.74) is 0.747. The summed E-state index contributed by atoms with van der Waals surface area (Å²) in [7, 11) is 0. The summed E-state index contributed by atoms with van der Waals surface area (Å²) < 4.78 is 0. The molecule has 0 saturated carbocycles. The van der Waals surface area contributed by atoms with E-state index in [2.05, 4.69) is 21.1 Å². The maximum atomic E-state index is 9.71. The van der Waals surface area contributed by atoms with E-state index in [1.165, 1.54) is 0 Å². The predicted octanol–water partition coefficient (Wildman–Crippen LogP) is 1.36. The molecule has 0 amide bonds. The molecule has 0 bridgehead atoms. The van der Waals surface area contributed by atoms with Crippen molar-refractivity contribution in [1.29, 1.82) is 0 Å². The second-order valence-electron chi connectivity index (χ2n) is 4.99. The average Bonchev–Trinajstić information content (AvgIpc) is 2.55. The van der Waals surface area contributed by atoms with Crippen LogP contribution in [-0.2, 0) is 0 Å². The summed E-state index contributed by atoms with van der Waals surface area (Å²) >= 11 is 0. The van der Waals surface area contributed by atoms with Crippen LogP contribution in [0.1, 0.15) is 5.56 Å². The standard InChI is InChI=1S/C16H18N4O/c21-15-6-2-1-5-14(15)13-18-20-11-9-19(10-12-20)16-7-3-4-8-17-16/h1-8,13,21H,9-12H2/p+1/b18-13+. The van der Waals surface area contributed by atoms with Crippen LogP contribution in [0.4, 0.5) is 5.82 Å². The summed E-state index contributed by atoms with van der Waals surface area (Å²) in [6.07, 6.45) is 3.66. The molecule has 1 fully saturated rings. The monoisotopic (exact) mass is 283 g/mol. The molecule has 0 spiro atoms. The summed E-state index contributed by atoms with van der Waals surface area (Å²) in [5.74, 6) is 1.40. The van der Waals surface area contributed by atoms with Crippen molar-refractivity contribution in [2.75, 3.05) is 31.1 Å². The van der Waals surface area contributed by atoms with E-state index in [9.17, 15) is 5.11 Å². The number of nitrogens with one attached hydrogen (secondary N) is 1. The van der Waals surface area contributed by atoms with E-state index in [1.54, 1.807) is 12.3 Å². The Bertz CT molecular complexity index is 607. The van der Waals surface area contributed by atoms with Crippen molar-refractivity contribution >= 4 is 12.0 Å². The third kappa shape index (κ3) is 3.31. The minimum atomic E-state index is 0.263. The average molecular weight is 283 g/mol. The van der Waals surface area contributed by atoms with Gasteiger partial charge in [0.15, 0.2) is 0 Å². The maximum Gasteiger partial charge on any atom is 0.274 e. The van der Waals surface area contributed by atoms with Crippen LogP contribution in [0.2, 0.25) is 0 Å². The fraction of sp³-hybridized carbons (Fsp3) is 0.250. The molecule has 0 unspecified atom stereocenters. The normalized spacial score (nSPS) is 15.6. The van der Waals surface area contributed by atoms with E-state index >= 15 is 0 Å². The minimum Gasteiger partial charge on any atom is -0.507 e. The number of phenols is 1. The molecule has 2 heterocycles. The van der Waals surface area contributed by atoms with Crippen LogP contribution < -0.4 is 9.88 Å². The number of hydrogen-bond acceptors (Lipinski definition) is 4. The van der Waals surface area contributed by atoms with Gasteiger partial charge < -0.3 is 5.11 Å². The van der Waals surface area contributed by atoms with E-state index in [4.69, 9.17) is 0 Å². The number of benzene rings is 1. The van der Waals surface area contributed by atoms with Gasteiger partial charge in [-0.05, 0) is 18.2 Å². The van der Waals surface area contributed by atoms with Gasteiger partial charge >= 0.3 is 0 Å². The minimum absolute atomic E-state index is 0.263. The molecule has 1 aliphatic rings. The van der Waals surface area contributed by atoms with Crippen molar-refractivity contribution in [3.05, 3.63) is 54.2 Å². The summed E-state index contributed by atoms with van der Waals surface area (Å²) in [4.78, 5) is 5.57. The zero-order chi connectivity index (χ0) is 14.5. The number of phenolic OH excluding ortho intramolecular Hbond substituents is 1. The van der Waals surface area contributed by atoms with Crippen molar-refractivity contribution in [2.45, 2.75) is 0 Å². The smallest absolute Gasteiger partial charge is 0.274 e. The highest BCUT2D eigenvalue weighted by Gasteiger charge is 2.21. The highest BCUT2D eigenvalue weighted by Crippen LogP contribution is 2.14. The number of aromatic amines is 1. The molecule has 5 nitrogen and oxygen atoms in total. The second-order valence-corrected chi connectivity index (χ2v) is 4.99. The fourth-order valence-electron chi connectivity index (χ4n) is 2.37. The van der Waals surface area contributed by atoms with Gasteiger partial charge in [0, 0.05) is 11.6 Å². The van der Waals surface area contributed by atoms with Crippen LogP contribution in [0, 0.1) is 0 Å². The van der Waals surface area contributed by atoms with Gasteiger partial charge in [0.25, 0.3) is 5.82 Å². The Hall–Kier alpha value is -2.56. The van der Waals surface area contributed by atoms with Crippen LogP contribution >= 0.6 is 0 Å². The molecule has 1 saturated heterocycles. The Morgan fingerprint density at radius 2 is 1.76 bits per heavy atom. The molecule has 1 aromatic heterocycles. The van der Waals surface area contributed by atoms with Gasteiger partial charge in [-0.25, -0.2) is 4.98 Å². The van der Waals surface area contributed by atoms with E-state index in [0.717, 1.165) is 37.6 Å². The number of pyridine rings is 1. The lowest BCUT2D eigenvalue weighted by atomic mass is 10.2. The van der Waals surface area contributed by atoms with Gasteiger partial charge in [0.1, 0.15) is 18.8 Å². The first-order chi connectivity index (χ1) is 10.3. The Morgan fingerprint density at radius 1 is 1.00 bits per heavy atom. The Kier molecular flexibility index (Phi) is 4.00. The van der Waals surface area contributed by atoms with E-state index < -0.39 is 0 Å². The van der Waals surface area contributed by atoms with Crippen LogP contribution in [-0.4, -0.2) is 42.5 Å². The molecular weight excluding hydrogens is 264 g/mol. The van der Waals surface area contributed by atoms with E-state index in [1.807, 2.05) is 41.5 Å². The number of piperazine rings is 1. The number of hydrogen-bond donors (Lipinski definition) is 1. The first-order valence-corrected chi connectivity index (χ1v) is 7.11. The van der Waals surface area contributed by atoms with Crippen LogP contribution in [0.25, 0.3) is 0 Å². The lowest BCUT2D eigenvalue weighted by molar-refractivity contribution is -0.364. The molecule has 2 N–H and O–H groups in total. The van der Waals surface area contributed by atoms with Gasteiger partial charge in [-0.3, -0.25) is 9.91 Å². The van der Waals surface area contributed by atoms with Crippen molar-refractivity contribution in [2.24, 2.45) is 5.10 Å². The maximum absolute atomic E-state index is 9.71. The number of H-pyrrole nitrogens is 1. The number of para-hydroxylation sites is 1. The quantitative estimate of drug-likeness (QED) is 0.865. The number of aromatic nitrogens is 1. The molecular formula is C16H19N4O+. The first kappa shape index (κ1) is 13.4. The molecule has 1 aromatic carbocycles. The molecule has 5 heteroatoms. The van der Waals surface area contributed by atoms with Crippen molar-refractivity contribution in [3.8, 4) is 5.75 Å². The number of hydrazone groups is 1. The largest absolute Gasteiger partial charge is 0.507 e. The second kappa shape index (κ2) is 6.26. The highest BCUT2D eigenvalue weighted by atomic mass is 16.3. The van der Waals surface area contributed by atoms with Gasteiger partial charge in [0.05, 0.1) is 25.5 Å². The Morgan fingerprint density at radius 3 is 2.48 bits per heavy atom. The van der Waals surface area contributed by atoms with Gasteiger partial charge in [-0.15, -0.1) is 0 Å². The highest BCUT2D eigenvalue weighted by molar-refractivity contribution is 5.82. The number of rotatable bonds is 3. The zero-order valence-corrected chi connectivity index (χ0v) is 11.8. The molecule has 0 atom stereocenters. The number of aromatic hydroxyl groups is 1. The lowest BCUT2D eigenvalue weighted by Crippen LogP contribution is -2.45. The molecule has 21 heavy (non-hydrogen) atoms. The molecule has 0 radical (unpaired) electrons. The third-order valence-corrected chi connectivity index (χ3v) is 3.59. The number of anilines is 1. The molecule has 3 rings (SSSR count). The fourth-order valence-corrected chi connectivity index (χ4v) is 2.37. The van der Waals surface area contributed by atoms with Gasteiger partial charge in [0.2, 0.25) is 0 Å². The van der Waals surface area contributed by atoms with Crippen LogP contribution in [0.5, 0.6) is 5.75 Å². The topological polar surface area (TPSA) is 53.2 Å². The van der Waals surface area contributed by atoms with Crippen molar-refractivity contribution < 1.29 is 10.1 Å². The SMILES string of the molecule is Oc1ccccc1/C=N/N1CCN(c2cccc[nH+]2)CC1. The molecule has 2 aromatic rings. The molecule has 1 aliphatic heterocycles. The molecule has 108 valence electrons. The summed E-state index contributed by atoms with van der Waals surface area (Å²) in [6, 6.07) is 13.3. The van der Waals surface area contributed by atoms with Crippen molar-refractivity contribution in [3.63, 3.8) is 0 Å². The molecule has 0 aliphatic carbocycles. The van der Waals surface area contributed by atoms with Crippen LogP contribution in [0.15, 0.2) is 53.8 Å². The van der Waals surface area contributed by atoms with Gasteiger partial charge in [-0.1, -0.05) is 18.2 Å². The van der Waals surface area contributed by atoms with Crippen LogP contribution in [0.3, 0.4) is 0 Å². The lowest BCUT2D eigenvalue weighted by Gasteiger charge is -2.28. The summed E-state index contributed by atoms with van der Waals surface area (Å²) in [6.45, 7) is 3.59. The zero-order valence-electron chi connectivity index (χ0n) is 11.8. The summed E-state index contributed by atoms with van der Waals surface area (Å²) in [5, 5.41) is 16.2. The van der Waals surface area contributed by atoms with E-state index in [-0.39, 0.29) is 5.75 Å². The third-order valence-electron chi connectivity index (χ3n) is 3.59. The van der Waals surface area contributed by atoms with E-state index in [0.29, 0.717) is 0 Å². The first-order valence-electron chi connectivity index (χ1n) is 7.11. The number of nitrogens with zero attached hydrogens (tertiary/aromatic N) is 3. The Balaban J connectivity index is 1.58. The predicted molar refractivity (Wildman–Crippen MR) is 82.5 cm³/mol. The Labute approximate surface area is 124 Å². The van der Waals surface area contributed by atoms with Gasteiger partial charge in [-0.2, -0.15) is 5.10 Å². The van der Waals surface area contributed by atoms with Crippen molar-refractivity contribution in [1.82, 2.24) is 5.01 Å².